The molecule has 2 fully saturated rings. The lowest BCUT2D eigenvalue weighted by molar-refractivity contribution is -0.132. The molecule has 178 valence electrons. The van der Waals surface area contributed by atoms with E-state index in [4.69, 9.17) is 26.8 Å². The predicted molar refractivity (Wildman–Crippen MR) is 125 cm³/mol. The number of hydrogen-bond donors (Lipinski definition) is 2. The van der Waals surface area contributed by atoms with Crippen molar-refractivity contribution in [2.45, 2.75) is 50.7 Å². The van der Waals surface area contributed by atoms with E-state index in [9.17, 15) is 9.59 Å². The first kappa shape index (κ1) is 24.6. The highest BCUT2D eigenvalue weighted by atomic mass is 35.5. The molecular weight excluding hydrogens is 432 g/mol. The summed E-state index contributed by atoms with van der Waals surface area (Å²) in [4.78, 5) is 29.6. The van der Waals surface area contributed by atoms with Gasteiger partial charge in [0.1, 0.15) is 5.75 Å². The normalized spacial score (nSPS) is 21.9. The molecule has 8 nitrogen and oxygen atoms in total. The minimum absolute atomic E-state index is 0.125. The van der Waals surface area contributed by atoms with E-state index >= 15 is 0 Å². The van der Waals surface area contributed by atoms with Crippen molar-refractivity contribution in [3.8, 4) is 5.75 Å². The van der Waals surface area contributed by atoms with Gasteiger partial charge in [-0.25, -0.2) is 0 Å². The molecule has 1 aromatic carbocycles. The van der Waals surface area contributed by atoms with E-state index in [-0.39, 0.29) is 24.0 Å². The molecule has 3 N–H and O–H groups in total. The van der Waals surface area contributed by atoms with Crippen LogP contribution in [-0.4, -0.2) is 80.7 Å². The van der Waals surface area contributed by atoms with Gasteiger partial charge in [0.2, 0.25) is 5.91 Å². The maximum absolute atomic E-state index is 12.9. The van der Waals surface area contributed by atoms with Gasteiger partial charge in [0.25, 0.3) is 5.91 Å². The Morgan fingerprint density at radius 3 is 2.62 bits per heavy atom. The number of rotatable bonds is 8. The van der Waals surface area contributed by atoms with Gasteiger partial charge in [-0.1, -0.05) is 11.6 Å². The van der Waals surface area contributed by atoms with Gasteiger partial charge in [0, 0.05) is 45.8 Å². The highest BCUT2D eigenvalue weighted by molar-refractivity contribution is 6.33. The third-order valence-electron chi connectivity index (χ3n) is 6.40. The molecule has 0 radical (unpaired) electrons. The number of carbonyl (C=O) groups excluding carboxylic acids is 2. The number of nitrogens with one attached hydrogen (secondary N) is 1. The van der Waals surface area contributed by atoms with Crippen LogP contribution in [0.2, 0.25) is 5.02 Å². The van der Waals surface area contributed by atoms with Gasteiger partial charge >= 0.3 is 0 Å². The molecule has 32 heavy (non-hydrogen) atoms. The number of nitrogen functional groups attached to an aromatic ring is 1. The molecule has 2 amide bonds. The van der Waals surface area contributed by atoms with Crippen LogP contribution < -0.4 is 15.8 Å². The van der Waals surface area contributed by atoms with Crippen molar-refractivity contribution in [3.63, 3.8) is 0 Å². The number of methoxy groups -OCH3 is 2. The molecule has 2 aliphatic heterocycles. The Morgan fingerprint density at radius 2 is 1.94 bits per heavy atom. The Bertz CT molecular complexity index is 800. The lowest BCUT2D eigenvalue weighted by Crippen LogP contribution is -2.55. The fourth-order valence-electron chi connectivity index (χ4n) is 4.50. The summed E-state index contributed by atoms with van der Waals surface area (Å²) < 4.78 is 11.0. The van der Waals surface area contributed by atoms with Crippen LogP contribution in [0.15, 0.2) is 12.1 Å². The lowest BCUT2D eigenvalue weighted by Gasteiger charge is -2.38. The molecular formula is C23H35ClN4O4. The first-order valence-corrected chi connectivity index (χ1v) is 11.8. The summed E-state index contributed by atoms with van der Waals surface area (Å²) in [5.41, 5.74) is 6.53. The molecule has 2 atom stereocenters. The first-order valence-electron chi connectivity index (χ1n) is 11.4. The molecule has 2 aliphatic rings. The quantitative estimate of drug-likeness (QED) is 0.571. The molecule has 0 saturated carbocycles. The van der Waals surface area contributed by atoms with Crippen molar-refractivity contribution in [1.82, 2.24) is 15.1 Å². The lowest BCUT2D eigenvalue weighted by atomic mass is 10.0. The maximum atomic E-state index is 12.9. The smallest absolute Gasteiger partial charge is 0.255 e. The largest absolute Gasteiger partial charge is 0.496 e. The van der Waals surface area contributed by atoms with Gasteiger partial charge in [0.05, 0.1) is 35.5 Å². The number of hydrogen-bond acceptors (Lipinski definition) is 6. The van der Waals surface area contributed by atoms with Crippen LogP contribution in [0.1, 0.15) is 48.9 Å². The first-order chi connectivity index (χ1) is 15.4. The second kappa shape index (κ2) is 11.7. The molecule has 3 rings (SSSR count). The molecule has 0 aliphatic carbocycles. The molecule has 2 heterocycles. The van der Waals surface area contributed by atoms with Gasteiger partial charge in [-0.2, -0.15) is 0 Å². The number of ether oxygens (including phenoxy) is 2. The molecule has 2 saturated heterocycles. The van der Waals surface area contributed by atoms with E-state index in [1.165, 1.54) is 19.6 Å². The molecule has 0 spiro atoms. The second-order valence-corrected chi connectivity index (χ2v) is 8.97. The topological polar surface area (TPSA) is 97.1 Å². The van der Waals surface area contributed by atoms with Crippen LogP contribution in [-0.2, 0) is 9.53 Å². The monoisotopic (exact) mass is 466 g/mol. The van der Waals surface area contributed by atoms with E-state index < -0.39 is 0 Å². The van der Waals surface area contributed by atoms with E-state index in [2.05, 4.69) is 10.2 Å². The predicted octanol–water partition coefficient (Wildman–Crippen LogP) is 2.54. The molecule has 0 aromatic heterocycles. The minimum Gasteiger partial charge on any atom is -0.496 e. The van der Waals surface area contributed by atoms with Crippen molar-refractivity contribution >= 4 is 29.1 Å². The zero-order chi connectivity index (χ0) is 23.1. The van der Waals surface area contributed by atoms with E-state index in [0.29, 0.717) is 35.0 Å². The van der Waals surface area contributed by atoms with Crippen LogP contribution in [0.25, 0.3) is 0 Å². The summed E-state index contributed by atoms with van der Waals surface area (Å²) in [5.74, 6) is 0.386. The Hall–Kier alpha value is -2.03. The fraction of sp³-hybridized carbons (Fsp3) is 0.652. The summed E-state index contributed by atoms with van der Waals surface area (Å²) in [6.45, 7) is 4.20. The number of benzene rings is 1. The summed E-state index contributed by atoms with van der Waals surface area (Å²) in [6.07, 6.45) is 5.52. The number of nitrogens with zero attached hydrogens (tertiary/aromatic N) is 2. The van der Waals surface area contributed by atoms with Crippen LogP contribution in [0.4, 0.5) is 5.69 Å². The van der Waals surface area contributed by atoms with Crippen molar-refractivity contribution in [3.05, 3.63) is 22.7 Å². The number of halogens is 1. The third-order valence-corrected chi connectivity index (χ3v) is 6.73. The van der Waals surface area contributed by atoms with Gasteiger partial charge in [0.15, 0.2) is 0 Å². The Kier molecular flexibility index (Phi) is 9.02. The number of piperidine rings is 2. The van der Waals surface area contributed by atoms with Crippen molar-refractivity contribution < 1.29 is 19.1 Å². The summed E-state index contributed by atoms with van der Waals surface area (Å²) in [5, 5.41) is 3.38. The number of anilines is 1. The Balaban J connectivity index is 1.49. The van der Waals surface area contributed by atoms with Crippen LogP contribution in [0.5, 0.6) is 5.75 Å². The Labute approximate surface area is 195 Å². The summed E-state index contributed by atoms with van der Waals surface area (Å²) in [6, 6.07) is 2.96. The summed E-state index contributed by atoms with van der Waals surface area (Å²) in [7, 11) is 3.15. The number of nitrogens with two attached hydrogens (primary N) is 1. The van der Waals surface area contributed by atoms with Crippen molar-refractivity contribution in [2.24, 2.45) is 0 Å². The zero-order valence-corrected chi connectivity index (χ0v) is 19.8. The van der Waals surface area contributed by atoms with Gasteiger partial charge in [-0.3, -0.25) is 9.59 Å². The molecule has 0 bridgehead atoms. The highest BCUT2D eigenvalue weighted by Crippen LogP contribution is 2.29. The molecule has 9 heteroatoms. The van der Waals surface area contributed by atoms with E-state index in [1.54, 1.807) is 13.2 Å². The van der Waals surface area contributed by atoms with Gasteiger partial charge < -0.3 is 30.3 Å². The second-order valence-electron chi connectivity index (χ2n) is 8.56. The number of likely N-dealkylation sites (tertiary alicyclic amines) is 2. The Morgan fingerprint density at radius 1 is 1.19 bits per heavy atom. The summed E-state index contributed by atoms with van der Waals surface area (Å²) >= 11 is 6.11. The fourth-order valence-corrected chi connectivity index (χ4v) is 4.67. The highest BCUT2D eigenvalue weighted by Gasteiger charge is 2.31. The molecule has 0 unspecified atom stereocenters. The van der Waals surface area contributed by atoms with Gasteiger partial charge in [-0.05, 0) is 44.7 Å². The minimum atomic E-state index is -0.267. The number of amides is 2. The maximum Gasteiger partial charge on any atom is 0.255 e. The SMILES string of the molecule is COc1cc(N)c(Cl)cc1C(=O)N[C@H]1CCN(CCCC(=O)N2CCCCC2)C[C@H]1OC. The van der Waals surface area contributed by atoms with Crippen molar-refractivity contribution in [2.75, 3.05) is 52.7 Å². The van der Waals surface area contributed by atoms with Crippen LogP contribution >= 0.6 is 11.6 Å². The van der Waals surface area contributed by atoms with E-state index in [0.717, 1.165) is 51.9 Å². The standard InChI is InChI=1S/C23H35ClN4O4/c1-31-20-14-18(25)17(24)13-16(20)23(30)26-19-8-12-27(15-21(19)32-2)9-6-7-22(29)28-10-4-3-5-11-28/h13-14,19,21H,3-12,15,25H2,1-2H3,(H,26,30)/t19-,21+/m0/s1. The van der Waals surface area contributed by atoms with E-state index in [1.807, 2.05) is 4.90 Å². The average Bonchev–Trinajstić information content (AvgIpc) is 2.81. The average molecular weight is 467 g/mol. The molecule has 1 aromatic rings. The van der Waals surface area contributed by atoms with Crippen molar-refractivity contribution in [1.29, 1.82) is 0 Å². The van der Waals surface area contributed by atoms with Crippen LogP contribution in [0.3, 0.4) is 0 Å². The third kappa shape index (κ3) is 6.27. The zero-order valence-electron chi connectivity index (χ0n) is 19.1. The van der Waals surface area contributed by atoms with Crippen LogP contribution in [0, 0.1) is 0 Å². The number of carbonyl (C=O) groups is 2. The van der Waals surface area contributed by atoms with Gasteiger partial charge in [-0.15, -0.1) is 0 Å².